The largest absolute Gasteiger partial charge is 0.450 e. The average Bonchev–Trinajstić information content (AvgIpc) is 2.50. The number of carbonyl (C=O) groups excluding carboxylic acids is 1. The highest BCUT2D eigenvalue weighted by atomic mass is 16.5. The Labute approximate surface area is 125 Å². The number of hydrogen-bond acceptors (Lipinski definition) is 4. The van der Waals surface area contributed by atoms with Gasteiger partial charge in [0.05, 0.1) is 12.7 Å². The molecule has 0 spiro atoms. The molecule has 1 fully saturated rings. The SMILES string of the molecule is CCCCOC(=O)NC1CCC(O)CC1c1ccccn1. The molecule has 2 rings (SSSR count). The van der Waals surface area contributed by atoms with Crippen molar-refractivity contribution in [3.8, 4) is 0 Å². The van der Waals surface area contributed by atoms with Crippen molar-refractivity contribution >= 4 is 6.09 Å². The molecule has 0 bridgehead atoms. The van der Waals surface area contributed by atoms with Crippen LogP contribution in [0.15, 0.2) is 24.4 Å². The van der Waals surface area contributed by atoms with Crippen molar-refractivity contribution in [3.05, 3.63) is 30.1 Å². The molecule has 1 aromatic rings. The first-order valence-electron chi connectivity index (χ1n) is 7.73. The minimum Gasteiger partial charge on any atom is -0.450 e. The molecule has 1 heterocycles. The second-order valence-electron chi connectivity index (χ2n) is 5.57. The van der Waals surface area contributed by atoms with Crippen LogP contribution in [0, 0.1) is 0 Å². The van der Waals surface area contributed by atoms with Gasteiger partial charge >= 0.3 is 6.09 Å². The van der Waals surface area contributed by atoms with E-state index in [-0.39, 0.29) is 24.2 Å². The number of rotatable bonds is 5. The first kappa shape index (κ1) is 15.8. The van der Waals surface area contributed by atoms with Crippen LogP contribution >= 0.6 is 0 Å². The van der Waals surface area contributed by atoms with Gasteiger partial charge in [0.25, 0.3) is 0 Å². The lowest BCUT2D eigenvalue weighted by molar-refractivity contribution is 0.0939. The van der Waals surface area contributed by atoms with Gasteiger partial charge in [0, 0.05) is 23.9 Å². The molecule has 1 saturated carbocycles. The number of amides is 1. The third kappa shape index (κ3) is 4.70. The molecule has 0 radical (unpaired) electrons. The van der Waals surface area contributed by atoms with Gasteiger partial charge in [0.1, 0.15) is 0 Å². The van der Waals surface area contributed by atoms with E-state index in [9.17, 15) is 9.90 Å². The highest BCUT2D eigenvalue weighted by molar-refractivity contribution is 5.67. The van der Waals surface area contributed by atoms with Crippen LogP contribution in [0.5, 0.6) is 0 Å². The number of carbonyl (C=O) groups is 1. The molecule has 0 aromatic carbocycles. The maximum Gasteiger partial charge on any atom is 0.407 e. The van der Waals surface area contributed by atoms with E-state index >= 15 is 0 Å². The molecule has 0 aliphatic heterocycles. The summed E-state index contributed by atoms with van der Waals surface area (Å²) in [7, 11) is 0. The van der Waals surface area contributed by atoms with E-state index in [4.69, 9.17) is 4.74 Å². The number of nitrogens with one attached hydrogen (secondary N) is 1. The molecule has 0 saturated heterocycles. The lowest BCUT2D eigenvalue weighted by Crippen LogP contribution is -2.44. The van der Waals surface area contributed by atoms with Crippen LogP contribution in [0.3, 0.4) is 0 Å². The minimum atomic E-state index is -0.370. The third-order valence-electron chi connectivity index (χ3n) is 3.92. The molecule has 1 amide bonds. The van der Waals surface area contributed by atoms with E-state index in [1.807, 2.05) is 18.2 Å². The molecule has 2 N–H and O–H groups in total. The van der Waals surface area contributed by atoms with Crippen LogP contribution < -0.4 is 5.32 Å². The van der Waals surface area contributed by atoms with Gasteiger partial charge in [-0.15, -0.1) is 0 Å². The Bertz CT molecular complexity index is 438. The maximum absolute atomic E-state index is 11.8. The Morgan fingerprint density at radius 2 is 2.33 bits per heavy atom. The zero-order valence-electron chi connectivity index (χ0n) is 12.5. The topological polar surface area (TPSA) is 71.5 Å². The van der Waals surface area contributed by atoms with Gasteiger partial charge in [-0.3, -0.25) is 4.98 Å². The van der Waals surface area contributed by atoms with Crippen molar-refractivity contribution in [1.29, 1.82) is 0 Å². The summed E-state index contributed by atoms with van der Waals surface area (Å²) in [5, 5.41) is 12.8. The molecule has 1 aliphatic rings. The number of alkyl carbamates (subject to hydrolysis) is 1. The van der Waals surface area contributed by atoms with E-state index < -0.39 is 0 Å². The summed E-state index contributed by atoms with van der Waals surface area (Å²) in [6, 6.07) is 5.71. The van der Waals surface area contributed by atoms with E-state index in [1.165, 1.54) is 0 Å². The fourth-order valence-corrected chi connectivity index (χ4v) is 2.75. The predicted molar refractivity (Wildman–Crippen MR) is 80.0 cm³/mol. The number of pyridine rings is 1. The number of aromatic nitrogens is 1. The van der Waals surface area contributed by atoms with Crippen LogP contribution in [0.25, 0.3) is 0 Å². The fraction of sp³-hybridized carbons (Fsp3) is 0.625. The number of hydrogen-bond donors (Lipinski definition) is 2. The molecule has 3 atom stereocenters. The first-order valence-corrected chi connectivity index (χ1v) is 7.73. The molecule has 3 unspecified atom stereocenters. The van der Waals surface area contributed by atoms with Gasteiger partial charge in [-0.05, 0) is 37.8 Å². The van der Waals surface area contributed by atoms with Crippen molar-refractivity contribution < 1.29 is 14.6 Å². The summed E-state index contributed by atoms with van der Waals surface area (Å²) in [6.07, 6.45) is 4.98. The number of aliphatic hydroxyl groups excluding tert-OH is 1. The monoisotopic (exact) mass is 292 g/mol. The first-order chi connectivity index (χ1) is 10.2. The number of nitrogens with zero attached hydrogens (tertiary/aromatic N) is 1. The van der Waals surface area contributed by atoms with E-state index in [0.717, 1.165) is 25.0 Å². The third-order valence-corrected chi connectivity index (χ3v) is 3.92. The van der Waals surface area contributed by atoms with Gasteiger partial charge in [0.15, 0.2) is 0 Å². The maximum atomic E-state index is 11.8. The summed E-state index contributed by atoms with van der Waals surface area (Å²) >= 11 is 0. The normalized spacial score (nSPS) is 25.3. The summed E-state index contributed by atoms with van der Waals surface area (Å²) in [5.41, 5.74) is 0.912. The van der Waals surface area contributed by atoms with Crippen molar-refractivity contribution in [2.45, 2.75) is 57.1 Å². The van der Waals surface area contributed by atoms with Crippen LogP contribution in [-0.2, 0) is 4.74 Å². The molecule has 21 heavy (non-hydrogen) atoms. The summed E-state index contributed by atoms with van der Waals surface area (Å²) < 4.78 is 5.16. The van der Waals surface area contributed by atoms with Crippen molar-refractivity contribution in [3.63, 3.8) is 0 Å². The molecule has 1 aliphatic carbocycles. The van der Waals surface area contributed by atoms with Crippen LogP contribution in [0.2, 0.25) is 0 Å². The summed E-state index contributed by atoms with van der Waals surface area (Å²) in [6.45, 7) is 2.51. The van der Waals surface area contributed by atoms with E-state index in [1.54, 1.807) is 6.20 Å². The summed E-state index contributed by atoms with van der Waals surface area (Å²) in [4.78, 5) is 16.2. The second-order valence-corrected chi connectivity index (χ2v) is 5.57. The zero-order chi connectivity index (χ0) is 15.1. The smallest absolute Gasteiger partial charge is 0.407 e. The predicted octanol–water partition coefficient (Wildman–Crippen LogP) is 2.60. The Balaban J connectivity index is 1.97. The molecular weight excluding hydrogens is 268 g/mol. The van der Waals surface area contributed by atoms with E-state index in [2.05, 4.69) is 17.2 Å². The van der Waals surface area contributed by atoms with Gasteiger partial charge in [-0.25, -0.2) is 4.79 Å². The Morgan fingerprint density at radius 3 is 3.05 bits per heavy atom. The van der Waals surface area contributed by atoms with Gasteiger partial charge in [0.2, 0.25) is 0 Å². The Kier molecular flexibility index (Phi) is 5.99. The molecule has 5 nitrogen and oxygen atoms in total. The number of aliphatic hydroxyl groups is 1. The highest BCUT2D eigenvalue weighted by Gasteiger charge is 2.32. The lowest BCUT2D eigenvalue weighted by Gasteiger charge is -2.34. The van der Waals surface area contributed by atoms with Crippen molar-refractivity contribution in [1.82, 2.24) is 10.3 Å². The van der Waals surface area contributed by atoms with Crippen LogP contribution in [0.1, 0.15) is 50.6 Å². The fourth-order valence-electron chi connectivity index (χ4n) is 2.75. The Hall–Kier alpha value is -1.62. The van der Waals surface area contributed by atoms with Gasteiger partial charge < -0.3 is 15.2 Å². The quantitative estimate of drug-likeness (QED) is 0.818. The van der Waals surface area contributed by atoms with Crippen LogP contribution in [-0.4, -0.2) is 34.9 Å². The highest BCUT2D eigenvalue weighted by Crippen LogP contribution is 2.32. The summed E-state index contributed by atoms with van der Waals surface area (Å²) in [5.74, 6) is 0.0358. The van der Waals surface area contributed by atoms with E-state index in [0.29, 0.717) is 19.4 Å². The van der Waals surface area contributed by atoms with Gasteiger partial charge in [-0.2, -0.15) is 0 Å². The molecular formula is C16H24N2O3. The average molecular weight is 292 g/mol. The zero-order valence-corrected chi connectivity index (χ0v) is 12.5. The number of unbranched alkanes of at least 4 members (excludes halogenated alkanes) is 1. The standard InChI is InChI=1S/C16H24N2O3/c1-2-3-10-21-16(20)18-15-8-7-12(19)11-13(15)14-6-4-5-9-17-14/h4-6,9,12-13,15,19H,2-3,7-8,10-11H2,1H3,(H,18,20). The van der Waals surface area contributed by atoms with Crippen LogP contribution in [0.4, 0.5) is 4.79 Å². The minimum absolute atomic E-state index is 0.0302. The van der Waals surface area contributed by atoms with Crippen molar-refractivity contribution in [2.75, 3.05) is 6.61 Å². The second kappa shape index (κ2) is 7.98. The number of ether oxygens (including phenoxy) is 1. The molecule has 1 aromatic heterocycles. The van der Waals surface area contributed by atoms with Crippen molar-refractivity contribution in [2.24, 2.45) is 0 Å². The molecule has 116 valence electrons. The lowest BCUT2D eigenvalue weighted by atomic mass is 9.80. The Morgan fingerprint density at radius 1 is 1.48 bits per heavy atom. The molecule has 5 heteroatoms. The van der Waals surface area contributed by atoms with Gasteiger partial charge in [-0.1, -0.05) is 19.4 Å².